The van der Waals surface area contributed by atoms with Crippen LogP contribution in [0.15, 0.2) is 11.8 Å². The normalized spacial score (nSPS) is 20.4. The average molecular weight is 353 g/mol. The predicted molar refractivity (Wildman–Crippen MR) is 105 cm³/mol. The maximum absolute atomic E-state index is 11.6. The summed E-state index contributed by atoms with van der Waals surface area (Å²) in [4.78, 5) is 11.6. The first-order valence-electron chi connectivity index (χ1n) is 10.8. The number of unbranched alkanes of at least 4 members (excludes halogenated alkanes) is 11. The van der Waals surface area contributed by atoms with Crippen molar-refractivity contribution in [3.8, 4) is 0 Å². The molecule has 1 saturated heterocycles. The molecule has 0 spiro atoms. The quantitative estimate of drug-likeness (QED) is 0.187. The Morgan fingerprint density at radius 3 is 1.96 bits per heavy atom. The van der Waals surface area contributed by atoms with E-state index in [0.29, 0.717) is 12.2 Å². The number of hydrogen-bond acceptors (Lipinski definition) is 3. The van der Waals surface area contributed by atoms with Crippen LogP contribution in [0.4, 0.5) is 0 Å². The molecule has 1 heterocycles. The van der Waals surface area contributed by atoms with Crippen LogP contribution < -0.4 is 0 Å². The molecular weight excluding hydrogens is 312 g/mol. The van der Waals surface area contributed by atoms with Crippen molar-refractivity contribution in [2.24, 2.45) is 5.92 Å². The van der Waals surface area contributed by atoms with Gasteiger partial charge in [-0.15, -0.1) is 0 Å². The number of aliphatic hydroxyl groups excluding tert-OH is 1. The van der Waals surface area contributed by atoms with E-state index in [4.69, 9.17) is 4.74 Å². The summed E-state index contributed by atoms with van der Waals surface area (Å²) in [7, 11) is 0. The SMILES string of the molecule is CCCCCCCCCCC/C(O)=C/C1OC(=O)C1CCCCCC. The number of esters is 1. The molecule has 0 bridgehead atoms. The Bertz CT molecular complexity index is 375. The smallest absolute Gasteiger partial charge is 0.313 e. The highest BCUT2D eigenvalue weighted by Crippen LogP contribution is 2.30. The fraction of sp³-hybridized carbons (Fsp3) is 0.864. The van der Waals surface area contributed by atoms with Crippen molar-refractivity contribution in [1.82, 2.24) is 0 Å². The van der Waals surface area contributed by atoms with E-state index >= 15 is 0 Å². The van der Waals surface area contributed by atoms with Gasteiger partial charge in [-0.3, -0.25) is 4.79 Å². The van der Waals surface area contributed by atoms with Crippen LogP contribution in [0.1, 0.15) is 110 Å². The molecule has 3 heteroatoms. The number of cyclic esters (lactones) is 1. The van der Waals surface area contributed by atoms with Crippen molar-refractivity contribution in [3.05, 3.63) is 11.8 Å². The molecule has 3 nitrogen and oxygen atoms in total. The minimum absolute atomic E-state index is 0.0258. The van der Waals surface area contributed by atoms with Crippen LogP contribution in [0.2, 0.25) is 0 Å². The Balaban J connectivity index is 2.07. The Kier molecular flexibility index (Phi) is 12.5. The third kappa shape index (κ3) is 9.91. The third-order valence-corrected chi connectivity index (χ3v) is 5.21. The zero-order chi connectivity index (χ0) is 18.3. The first kappa shape index (κ1) is 22.1. The lowest BCUT2D eigenvalue weighted by Crippen LogP contribution is -2.44. The van der Waals surface area contributed by atoms with Gasteiger partial charge in [0.15, 0.2) is 0 Å². The van der Waals surface area contributed by atoms with Gasteiger partial charge in [0.2, 0.25) is 0 Å². The fourth-order valence-corrected chi connectivity index (χ4v) is 3.48. The second kappa shape index (κ2) is 14.2. The summed E-state index contributed by atoms with van der Waals surface area (Å²) >= 11 is 0. The van der Waals surface area contributed by atoms with Gasteiger partial charge in [0.25, 0.3) is 0 Å². The van der Waals surface area contributed by atoms with Crippen molar-refractivity contribution in [2.75, 3.05) is 0 Å². The van der Waals surface area contributed by atoms with Crippen molar-refractivity contribution >= 4 is 5.97 Å². The van der Waals surface area contributed by atoms with Gasteiger partial charge in [-0.25, -0.2) is 0 Å². The Hall–Kier alpha value is -0.990. The van der Waals surface area contributed by atoms with Gasteiger partial charge < -0.3 is 9.84 Å². The summed E-state index contributed by atoms with van der Waals surface area (Å²) in [5.74, 6) is 0.287. The lowest BCUT2D eigenvalue weighted by molar-refractivity contribution is -0.179. The zero-order valence-electron chi connectivity index (χ0n) is 16.6. The molecule has 25 heavy (non-hydrogen) atoms. The third-order valence-electron chi connectivity index (χ3n) is 5.21. The number of allylic oxidation sites excluding steroid dienone is 1. The molecule has 2 unspecified atom stereocenters. The van der Waals surface area contributed by atoms with Gasteiger partial charge in [0, 0.05) is 6.42 Å². The predicted octanol–water partition coefficient (Wildman–Crippen LogP) is 6.86. The number of aliphatic hydroxyl groups is 1. The highest BCUT2D eigenvalue weighted by atomic mass is 16.6. The molecule has 0 saturated carbocycles. The molecule has 0 aromatic carbocycles. The van der Waals surface area contributed by atoms with Crippen molar-refractivity contribution in [2.45, 2.75) is 116 Å². The number of rotatable bonds is 16. The van der Waals surface area contributed by atoms with E-state index in [0.717, 1.165) is 19.3 Å². The second-order valence-electron chi connectivity index (χ2n) is 7.59. The molecule has 0 aromatic rings. The number of hydrogen-bond donors (Lipinski definition) is 1. The van der Waals surface area contributed by atoms with E-state index < -0.39 is 0 Å². The van der Waals surface area contributed by atoms with Crippen LogP contribution in [-0.2, 0) is 9.53 Å². The molecule has 0 aromatic heterocycles. The van der Waals surface area contributed by atoms with E-state index in [9.17, 15) is 9.90 Å². The van der Waals surface area contributed by atoms with Gasteiger partial charge in [0.05, 0.1) is 11.7 Å². The molecule has 0 radical (unpaired) electrons. The number of carbonyl (C=O) groups is 1. The summed E-state index contributed by atoms with van der Waals surface area (Å²) in [5, 5.41) is 10.1. The molecule has 1 aliphatic rings. The maximum atomic E-state index is 11.6. The lowest BCUT2D eigenvalue weighted by atomic mass is 9.90. The molecule has 1 fully saturated rings. The maximum Gasteiger partial charge on any atom is 0.313 e. The van der Waals surface area contributed by atoms with E-state index in [1.165, 1.54) is 70.6 Å². The van der Waals surface area contributed by atoms with Gasteiger partial charge >= 0.3 is 5.97 Å². The zero-order valence-corrected chi connectivity index (χ0v) is 16.6. The van der Waals surface area contributed by atoms with Crippen LogP contribution in [0.5, 0.6) is 0 Å². The number of ether oxygens (including phenoxy) is 1. The molecule has 2 atom stereocenters. The molecule has 1 aliphatic heterocycles. The van der Waals surface area contributed by atoms with Crippen molar-refractivity contribution in [3.63, 3.8) is 0 Å². The monoisotopic (exact) mass is 352 g/mol. The van der Waals surface area contributed by atoms with E-state index in [1.807, 2.05) is 0 Å². The number of carbonyl (C=O) groups excluding carboxylic acids is 1. The topological polar surface area (TPSA) is 46.5 Å². The summed E-state index contributed by atoms with van der Waals surface area (Å²) in [6.45, 7) is 4.44. The molecule has 146 valence electrons. The van der Waals surface area contributed by atoms with Crippen LogP contribution in [0, 0.1) is 5.92 Å². The molecule has 0 amide bonds. The minimum Gasteiger partial charge on any atom is -0.513 e. The summed E-state index contributed by atoms with van der Waals surface area (Å²) in [5.41, 5.74) is 0. The van der Waals surface area contributed by atoms with E-state index in [1.54, 1.807) is 6.08 Å². The van der Waals surface area contributed by atoms with Crippen LogP contribution in [0.3, 0.4) is 0 Å². The highest BCUT2D eigenvalue weighted by Gasteiger charge is 2.40. The van der Waals surface area contributed by atoms with Crippen LogP contribution in [-0.4, -0.2) is 17.2 Å². The standard InChI is InChI=1S/C22H40O3/c1-3-5-7-9-10-11-12-13-14-16-19(23)18-21-20(22(24)25-21)17-15-8-6-4-2/h18,20-21,23H,3-17H2,1-2H3/b19-18-. The molecule has 0 aliphatic carbocycles. The van der Waals surface area contributed by atoms with E-state index in [2.05, 4.69) is 13.8 Å². The highest BCUT2D eigenvalue weighted by molar-refractivity contribution is 5.79. The summed E-state index contributed by atoms with van der Waals surface area (Å²) in [6, 6.07) is 0. The van der Waals surface area contributed by atoms with Gasteiger partial charge in [-0.05, 0) is 18.9 Å². The first-order valence-corrected chi connectivity index (χ1v) is 10.8. The molecular formula is C22H40O3. The van der Waals surface area contributed by atoms with Gasteiger partial charge in [-0.2, -0.15) is 0 Å². The lowest BCUT2D eigenvalue weighted by Gasteiger charge is -2.33. The second-order valence-corrected chi connectivity index (χ2v) is 7.59. The van der Waals surface area contributed by atoms with Crippen molar-refractivity contribution < 1.29 is 14.6 Å². The average Bonchev–Trinajstić information content (AvgIpc) is 2.59. The molecule has 1 N–H and O–H groups in total. The Labute approximate surface area is 155 Å². The van der Waals surface area contributed by atoms with E-state index in [-0.39, 0.29) is 18.0 Å². The minimum atomic E-state index is -0.187. The Morgan fingerprint density at radius 2 is 1.40 bits per heavy atom. The van der Waals surface area contributed by atoms with Crippen LogP contribution in [0.25, 0.3) is 0 Å². The largest absolute Gasteiger partial charge is 0.513 e. The summed E-state index contributed by atoms with van der Waals surface area (Å²) in [6.07, 6.45) is 19.4. The van der Waals surface area contributed by atoms with Crippen molar-refractivity contribution in [1.29, 1.82) is 0 Å². The van der Waals surface area contributed by atoms with Crippen LogP contribution >= 0.6 is 0 Å². The molecule has 1 rings (SSSR count). The summed E-state index contributed by atoms with van der Waals surface area (Å²) < 4.78 is 5.20. The van der Waals surface area contributed by atoms with Gasteiger partial charge in [-0.1, -0.05) is 90.9 Å². The Morgan fingerprint density at radius 1 is 0.880 bits per heavy atom. The fourth-order valence-electron chi connectivity index (χ4n) is 3.48. The first-order chi connectivity index (χ1) is 12.2. The van der Waals surface area contributed by atoms with Gasteiger partial charge in [0.1, 0.15) is 6.10 Å².